The van der Waals surface area contributed by atoms with E-state index in [2.05, 4.69) is 35.1 Å². The summed E-state index contributed by atoms with van der Waals surface area (Å²) in [6.45, 7) is 10.2. The Morgan fingerprint density at radius 3 is 2.29 bits per heavy atom. The molecule has 2 aromatic rings. The molecule has 0 spiro atoms. The van der Waals surface area contributed by atoms with Crippen molar-refractivity contribution in [3.8, 4) is 5.75 Å². The number of hydrogen-bond acceptors (Lipinski definition) is 3. The fraction of sp³-hybridized carbons (Fsp3) is 0.440. The topological polar surface area (TPSA) is 58.6 Å². The monoisotopic (exact) mass is 488 g/mol. The van der Waals surface area contributed by atoms with E-state index in [0.717, 1.165) is 10.0 Å². The van der Waals surface area contributed by atoms with Crippen LogP contribution in [-0.4, -0.2) is 35.4 Å². The van der Waals surface area contributed by atoms with Gasteiger partial charge in [-0.25, -0.2) is 0 Å². The van der Waals surface area contributed by atoms with E-state index in [1.165, 1.54) is 5.56 Å². The molecule has 0 aliphatic carbocycles. The van der Waals surface area contributed by atoms with Gasteiger partial charge in [0.1, 0.15) is 11.8 Å². The SMILES string of the molecule is CC[C@@H](C(=O)NC(C)C)N(Cc1ccccc1)C(=O)COc1ccc(C(C)C)cc1Br. The Bertz CT molecular complexity index is 868. The van der Waals surface area contributed by atoms with E-state index in [4.69, 9.17) is 4.74 Å². The van der Waals surface area contributed by atoms with Gasteiger partial charge in [0.2, 0.25) is 5.91 Å². The number of carbonyl (C=O) groups excluding carboxylic acids is 2. The molecule has 2 rings (SSSR count). The second-order valence-corrected chi connectivity index (χ2v) is 9.08. The number of benzene rings is 2. The number of carbonyl (C=O) groups is 2. The van der Waals surface area contributed by atoms with E-state index in [1.54, 1.807) is 4.90 Å². The first-order chi connectivity index (χ1) is 14.7. The van der Waals surface area contributed by atoms with Crippen LogP contribution in [0.1, 0.15) is 58.1 Å². The van der Waals surface area contributed by atoms with Crippen LogP contribution in [0.15, 0.2) is 53.0 Å². The third-order valence-corrected chi connectivity index (χ3v) is 5.61. The summed E-state index contributed by atoms with van der Waals surface area (Å²) in [6.07, 6.45) is 0.518. The maximum Gasteiger partial charge on any atom is 0.261 e. The highest BCUT2D eigenvalue weighted by atomic mass is 79.9. The summed E-state index contributed by atoms with van der Waals surface area (Å²) in [5.74, 6) is 0.633. The van der Waals surface area contributed by atoms with E-state index < -0.39 is 6.04 Å². The Morgan fingerprint density at radius 1 is 1.06 bits per heavy atom. The molecule has 2 aromatic carbocycles. The summed E-state index contributed by atoms with van der Waals surface area (Å²) < 4.78 is 6.65. The van der Waals surface area contributed by atoms with Gasteiger partial charge in [-0.05, 0) is 65.4 Å². The van der Waals surface area contributed by atoms with Gasteiger partial charge in [-0.1, -0.05) is 57.2 Å². The maximum absolute atomic E-state index is 13.2. The second kappa shape index (κ2) is 11.9. The Balaban J connectivity index is 2.20. The van der Waals surface area contributed by atoms with Crippen molar-refractivity contribution < 1.29 is 14.3 Å². The Hall–Kier alpha value is -2.34. The second-order valence-electron chi connectivity index (χ2n) is 8.23. The standard InChI is InChI=1S/C25H33BrN2O3/c1-6-22(25(30)27-18(4)5)28(15-19-10-8-7-9-11-19)24(29)16-31-23-13-12-20(17(2)3)14-21(23)26/h7-14,17-18,22H,6,15-16H2,1-5H3,(H,27,30)/t22-/m0/s1. The van der Waals surface area contributed by atoms with Gasteiger partial charge in [0.05, 0.1) is 4.47 Å². The quantitative estimate of drug-likeness (QED) is 0.494. The number of rotatable bonds is 10. The largest absolute Gasteiger partial charge is 0.483 e. The van der Waals surface area contributed by atoms with Crippen molar-refractivity contribution in [1.29, 1.82) is 0 Å². The Kier molecular flexibility index (Phi) is 9.56. The predicted molar refractivity (Wildman–Crippen MR) is 128 cm³/mol. The number of nitrogens with zero attached hydrogens (tertiary/aromatic N) is 1. The molecular formula is C25H33BrN2O3. The van der Waals surface area contributed by atoms with Crippen molar-refractivity contribution in [2.45, 2.75) is 65.6 Å². The molecule has 0 saturated carbocycles. The minimum Gasteiger partial charge on any atom is -0.483 e. The summed E-state index contributed by atoms with van der Waals surface area (Å²) in [4.78, 5) is 27.6. The highest BCUT2D eigenvalue weighted by molar-refractivity contribution is 9.10. The van der Waals surface area contributed by atoms with Crippen molar-refractivity contribution in [1.82, 2.24) is 10.2 Å². The zero-order valence-corrected chi connectivity index (χ0v) is 20.6. The van der Waals surface area contributed by atoms with Crippen LogP contribution in [0.5, 0.6) is 5.75 Å². The fourth-order valence-electron chi connectivity index (χ4n) is 3.30. The molecule has 168 valence electrons. The zero-order valence-electron chi connectivity index (χ0n) is 19.0. The molecule has 1 N–H and O–H groups in total. The summed E-state index contributed by atoms with van der Waals surface area (Å²) in [6, 6.07) is 15.0. The molecule has 0 radical (unpaired) electrons. The lowest BCUT2D eigenvalue weighted by atomic mass is 10.0. The summed E-state index contributed by atoms with van der Waals surface area (Å²) in [5.41, 5.74) is 2.15. The molecule has 0 saturated heterocycles. The van der Waals surface area contributed by atoms with Crippen molar-refractivity contribution in [3.63, 3.8) is 0 Å². The molecule has 0 fully saturated rings. The lowest BCUT2D eigenvalue weighted by Gasteiger charge is -2.31. The van der Waals surface area contributed by atoms with Crippen LogP contribution < -0.4 is 10.1 Å². The van der Waals surface area contributed by atoms with Crippen LogP contribution in [0.25, 0.3) is 0 Å². The van der Waals surface area contributed by atoms with Gasteiger partial charge < -0.3 is 15.0 Å². The van der Waals surface area contributed by atoms with E-state index >= 15 is 0 Å². The molecular weight excluding hydrogens is 456 g/mol. The Labute approximate surface area is 194 Å². The van der Waals surface area contributed by atoms with Crippen LogP contribution in [-0.2, 0) is 16.1 Å². The fourth-order valence-corrected chi connectivity index (χ4v) is 3.81. The van der Waals surface area contributed by atoms with Crippen molar-refractivity contribution in [2.24, 2.45) is 0 Å². The molecule has 0 aliphatic heterocycles. The zero-order chi connectivity index (χ0) is 23.0. The van der Waals surface area contributed by atoms with E-state index in [0.29, 0.717) is 24.6 Å². The third kappa shape index (κ3) is 7.39. The minimum atomic E-state index is -0.564. The normalized spacial score (nSPS) is 12.0. The smallest absolute Gasteiger partial charge is 0.261 e. The number of hydrogen-bond donors (Lipinski definition) is 1. The van der Waals surface area contributed by atoms with Gasteiger partial charge in [0.25, 0.3) is 5.91 Å². The highest BCUT2D eigenvalue weighted by Crippen LogP contribution is 2.29. The number of halogens is 1. The molecule has 0 aliphatic rings. The number of ether oxygens (including phenoxy) is 1. The van der Waals surface area contributed by atoms with E-state index in [-0.39, 0.29) is 24.5 Å². The third-order valence-electron chi connectivity index (χ3n) is 4.99. The van der Waals surface area contributed by atoms with Gasteiger partial charge >= 0.3 is 0 Å². The molecule has 6 heteroatoms. The van der Waals surface area contributed by atoms with Gasteiger partial charge in [-0.15, -0.1) is 0 Å². The first kappa shape index (κ1) is 24.9. The van der Waals surface area contributed by atoms with Gasteiger partial charge in [-0.3, -0.25) is 9.59 Å². The average molecular weight is 489 g/mol. The van der Waals surface area contributed by atoms with Crippen LogP contribution in [0.2, 0.25) is 0 Å². The minimum absolute atomic E-state index is 0.00176. The van der Waals surface area contributed by atoms with E-state index in [9.17, 15) is 9.59 Å². The van der Waals surface area contributed by atoms with Crippen LogP contribution in [0.4, 0.5) is 0 Å². The van der Waals surface area contributed by atoms with Crippen molar-refractivity contribution in [3.05, 3.63) is 64.1 Å². The molecule has 0 unspecified atom stereocenters. The van der Waals surface area contributed by atoms with Gasteiger partial charge in [-0.2, -0.15) is 0 Å². The van der Waals surface area contributed by atoms with Crippen LogP contribution >= 0.6 is 15.9 Å². The maximum atomic E-state index is 13.2. The first-order valence-corrected chi connectivity index (χ1v) is 11.6. The predicted octanol–water partition coefficient (Wildman–Crippen LogP) is 5.28. The van der Waals surface area contributed by atoms with Crippen molar-refractivity contribution >= 4 is 27.7 Å². The molecule has 0 bridgehead atoms. The summed E-state index contributed by atoms with van der Waals surface area (Å²) in [5, 5.41) is 2.93. The first-order valence-electron chi connectivity index (χ1n) is 10.8. The summed E-state index contributed by atoms with van der Waals surface area (Å²) in [7, 11) is 0. The molecule has 0 heterocycles. The molecule has 5 nitrogen and oxygen atoms in total. The number of amides is 2. The van der Waals surface area contributed by atoms with Crippen LogP contribution in [0.3, 0.4) is 0 Å². The van der Waals surface area contributed by atoms with Gasteiger partial charge in [0, 0.05) is 12.6 Å². The number of nitrogens with one attached hydrogen (secondary N) is 1. The highest BCUT2D eigenvalue weighted by Gasteiger charge is 2.29. The van der Waals surface area contributed by atoms with Crippen LogP contribution in [0, 0.1) is 0 Å². The van der Waals surface area contributed by atoms with Gasteiger partial charge in [0.15, 0.2) is 6.61 Å². The Morgan fingerprint density at radius 2 is 1.74 bits per heavy atom. The molecule has 2 amide bonds. The average Bonchev–Trinajstić information content (AvgIpc) is 2.72. The molecule has 31 heavy (non-hydrogen) atoms. The summed E-state index contributed by atoms with van der Waals surface area (Å²) >= 11 is 3.54. The lowest BCUT2D eigenvalue weighted by Crippen LogP contribution is -2.51. The molecule has 0 aromatic heterocycles. The molecule has 1 atom stereocenters. The lowest BCUT2D eigenvalue weighted by molar-refractivity contribution is -0.143. The van der Waals surface area contributed by atoms with E-state index in [1.807, 2.05) is 69.3 Å². The van der Waals surface area contributed by atoms with Crippen molar-refractivity contribution in [2.75, 3.05) is 6.61 Å².